The highest BCUT2D eigenvalue weighted by Gasteiger charge is 2.34. The van der Waals surface area contributed by atoms with Crippen LogP contribution in [0.3, 0.4) is 0 Å². The normalized spacial score (nSPS) is 19.8. The van der Waals surface area contributed by atoms with Gasteiger partial charge in [-0.3, -0.25) is 0 Å². The van der Waals surface area contributed by atoms with Crippen LogP contribution in [-0.2, 0) is 24.8 Å². The van der Waals surface area contributed by atoms with Gasteiger partial charge in [-0.2, -0.15) is 20.0 Å². The van der Waals surface area contributed by atoms with E-state index in [2.05, 4.69) is 20.0 Å². The van der Waals surface area contributed by atoms with E-state index in [0.717, 1.165) is 0 Å². The molecular formula is C19H14N4O4. The Hall–Kier alpha value is -3.78. The van der Waals surface area contributed by atoms with E-state index >= 15 is 0 Å². The molecule has 0 aliphatic heterocycles. The zero-order valence-corrected chi connectivity index (χ0v) is 14.1. The van der Waals surface area contributed by atoms with Crippen molar-refractivity contribution in [2.75, 3.05) is 0 Å². The molecule has 0 heterocycles. The molecule has 134 valence electrons. The fourth-order valence-corrected chi connectivity index (χ4v) is 2.92. The molecule has 8 heteroatoms. The van der Waals surface area contributed by atoms with Crippen LogP contribution >= 0.6 is 0 Å². The largest absolute Gasteiger partial charge is 0.237 e. The van der Waals surface area contributed by atoms with Crippen LogP contribution in [0.25, 0.3) is 0 Å². The molecule has 0 bridgehead atoms. The third-order valence-corrected chi connectivity index (χ3v) is 4.18. The van der Waals surface area contributed by atoms with Crippen molar-refractivity contribution in [3.8, 4) is 0 Å². The fraction of sp³-hybridized carbons (Fsp3) is 0.263. The highest BCUT2D eigenvalue weighted by Crippen LogP contribution is 2.35. The van der Waals surface area contributed by atoms with Gasteiger partial charge >= 0.3 is 0 Å². The molecule has 0 radical (unpaired) electrons. The van der Waals surface area contributed by atoms with Crippen molar-refractivity contribution in [1.82, 2.24) is 0 Å². The third kappa shape index (κ3) is 4.65. The van der Waals surface area contributed by atoms with E-state index in [1.54, 1.807) is 48.6 Å². The maximum atomic E-state index is 11.0. The van der Waals surface area contributed by atoms with E-state index in [9.17, 15) is 19.2 Å². The second-order valence-corrected chi connectivity index (χ2v) is 5.59. The van der Waals surface area contributed by atoms with Gasteiger partial charge in [-0.1, -0.05) is 48.6 Å². The first-order valence-corrected chi connectivity index (χ1v) is 7.95. The Morgan fingerprint density at radius 3 is 2.15 bits per heavy atom. The van der Waals surface area contributed by atoms with Crippen LogP contribution < -0.4 is 0 Å². The topological polar surface area (TPSA) is 118 Å². The molecule has 0 fully saturated rings. The van der Waals surface area contributed by atoms with Crippen molar-refractivity contribution in [2.45, 2.75) is 30.6 Å². The summed E-state index contributed by atoms with van der Waals surface area (Å²) in [7, 11) is 0. The van der Waals surface area contributed by atoms with Crippen LogP contribution in [0.15, 0.2) is 74.1 Å². The van der Waals surface area contributed by atoms with Crippen molar-refractivity contribution in [1.29, 1.82) is 0 Å². The second kappa shape index (κ2) is 9.64. The molecule has 0 spiro atoms. The van der Waals surface area contributed by atoms with Gasteiger partial charge in [0, 0.05) is 12.0 Å². The molecule has 0 saturated carbocycles. The lowest BCUT2D eigenvalue weighted by Crippen LogP contribution is -2.27. The zero-order valence-electron chi connectivity index (χ0n) is 14.1. The molecule has 2 rings (SSSR count). The first-order chi connectivity index (χ1) is 13.2. The van der Waals surface area contributed by atoms with Gasteiger partial charge in [-0.15, -0.1) is 0 Å². The number of hydrogen-bond donors (Lipinski definition) is 0. The number of hydrogen-bond acceptors (Lipinski definition) is 8. The Morgan fingerprint density at radius 2 is 1.56 bits per heavy atom. The zero-order chi connectivity index (χ0) is 19.5. The van der Waals surface area contributed by atoms with Crippen molar-refractivity contribution in [2.24, 2.45) is 20.0 Å². The summed E-state index contributed by atoms with van der Waals surface area (Å²) < 4.78 is 0. The number of benzene rings is 1. The molecule has 1 aliphatic rings. The lowest BCUT2D eigenvalue weighted by Gasteiger charge is -2.26. The van der Waals surface area contributed by atoms with E-state index in [1.165, 1.54) is 24.3 Å². The molecule has 0 aromatic heterocycles. The van der Waals surface area contributed by atoms with Crippen LogP contribution in [0, 0.1) is 0 Å². The smallest absolute Gasteiger partial charge is 0.211 e. The van der Waals surface area contributed by atoms with Gasteiger partial charge in [0.15, 0.2) is 5.66 Å². The summed E-state index contributed by atoms with van der Waals surface area (Å²) >= 11 is 0. The predicted molar refractivity (Wildman–Crippen MR) is 94.6 cm³/mol. The molecule has 0 saturated heterocycles. The molecule has 1 aromatic rings. The van der Waals surface area contributed by atoms with Crippen molar-refractivity contribution < 1.29 is 19.2 Å². The third-order valence-electron chi connectivity index (χ3n) is 4.18. The van der Waals surface area contributed by atoms with Gasteiger partial charge < -0.3 is 0 Å². The van der Waals surface area contributed by atoms with E-state index in [0.29, 0.717) is 11.1 Å². The average molecular weight is 362 g/mol. The monoisotopic (exact) mass is 362 g/mol. The Bertz CT molecular complexity index is 910. The van der Waals surface area contributed by atoms with Gasteiger partial charge in [-0.25, -0.2) is 19.2 Å². The summed E-state index contributed by atoms with van der Waals surface area (Å²) in [5, 5.41) is 0. The predicted octanol–water partition coefficient (Wildman–Crippen LogP) is 2.20. The van der Waals surface area contributed by atoms with Gasteiger partial charge in [0.25, 0.3) is 0 Å². The van der Waals surface area contributed by atoms with E-state index in [-0.39, 0.29) is 12.8 Å². The van der Waals surface area contributed by atoms with Gasteiger partial charge in [0.2, 0.25) is 24.3 Å². The van der Waals surface area contributed by atoms with Crippen LogP contribution in [0.2, 0.25) is 0 Å². The molecule has 1 aliphatic carbocycles. The van der Waals surface area contributed by atoms with Crippen LogP contribution in [-0.4, -0.2) is 36.4 Å². The van der Waals surface area contributed by atoms with Crippen molar-refractivity contribution >= 4 is 24.3 Å². The quantitative estimate of drug-likeness (QED) is 0.520. The Kier molecular flexibility index (Phi) is 6.98. The van der Waals surface area contributed by atoms with Gasteiger partial charge in [0.05, 0.1) is 0 Å². The highest BCUT2D eigenvalue weighted by molar-refractivity contribution is 5.44. The maximum absolute atomic E-state index is 11.0. The number of rotatable bonds is 8. The van der Waals surface area contributed by atoms with Crippen molar-refractivity contribution in [3.05, 3.63) is 59.7 Å². The minimum absolute atomic E-state index is 0.115. The van der Waals surface area contributed by atoms with Crippen LogP contribution in [0.5, 0.6) is 0 Å². The number of isocyanates is 4. The SMILES string of the molecule is O=C=NC1C=CC=C(CCC(N=C=O)(N=C=O)c2ccccc2)C1N=C=O. The standard InChI is InChI=1S/C19H14N4O4/c24-11-20-17-8-4-5-15(18(17)21-12-25)9-10-19(22-13-26,23-14-27)16-6-2-1-3-7-16/h1-8,17-18H,9-10H2. The minimum Gasteiger partial charge on any atom is -0.211 e. The average Bonchev–Trinajstić information content (AvgIpc) is 2.69. The lowest BCUT2D eigenvalue weighted by molar-refractivity contribution is 0.415. The minimum atomic E-state index is -1.49. The molecule has 2 atom stereocenters. The summed E-state index contributed by atoms with van der Waals surface area (Å²) in [6, 6.07) is 7.16. The number of aliphatic imine (C=N–C) groups is 4. The Labute approximate surface area is 154 Å². The molecule has 1 aromatic carbocycles. The van der Waals surface area contributed by atoms with Crippen LogP contribution in [0.4, 0.5) is 0 Å². The lowest BCUT2D eigenvalue weighted by atomic mass is 9.87. The first-order valence-electron chi connectivity index (χ1n) is 7.95. The summed E-state index contributed by atoms with van der Waals surface area (Å²) in [6.45, 7) is 0. The second-order valence-electron chi connectivity index (χ2n) is 5.59. The Balaban J connectivity index is 2.39. The molecule has 27 heavy (non-hydrogen) atoms. The molecule has 2 unspecified atom stereocenters. The summed E-state index contributed by atoms with van der Waals surface area (Å²) in [5.41, 5.74) is -0.333. The molecular weight excluding hydrogens is 348 g/mol. The first kappa shape index (κ1) is 19.5. The fourth-order valence-electron chi connectivity index (χ4n) is 2.92. The molecule has 0 amide bonds. The van der Waals surface area contributed by atoms with Crippen LogP contribution in [0.1, 0.15) is 18.4 Å². The Morgan fingerprint density at radius 1 is 0.889 bits per heavy atom. The number of nitrogens with zero attached hydrogens (tertiary/aromatic N) is 4. The summed E-state index contributed by atoms with van der Waals surface area (Å²) in [6.07, 6.45) is 11.2. The number of carbonyl (C=O) groups excluding carboxylic acids is 4. The summed E-state index contributed by atoms with van der Waals surface area (Å²) in [4.78, 5) is 58.2. The van der Waals surface area contributed by atoms with E-state index in [1.807, 2.05) is 0 Å². The van der Waals surface area contributed by atoms with Gasteiger partial charge in [0.1, 0.15) is 12.1 Å². The van der Waals surface area contributed by atoms with E-state index < -0.39 is 17.7 Å². The maximum Gasteiger partial charge on any atom is 0.237 e. The van der Waals surface area contributed by atoms with E-state index in [4.69, 9.17) is 0 Å². The number of allylic oxidation sites excluding steroid dienone is 2. The summed E-state index contributed by atoms with van der Waals surface area (Å²) in [5.74, 6) is 0. The highest BCUT2D eigenvalue weighted by atomic mass is 16.1. The van der Waals surface area contributed by atoms with Gasteiger partial charge in [-0.05, 0) is 12.0 Å². The molecule has 8 nitrogen and oxygen atoms in total. The molecule has 0 N–H and O–H groups in total. The van der Waals surface area contributed by atoms with Crippen molar-refractivity contribution in [3.63, 3.8) is 0 Å².